The summed E-state index contributed by atoms with van der Waals surface area (Å²) in [7, 11) is 0. The van der Waals surface area contributed by atoms with E-state index >= 15 is 0 Å². The molecule has 0 aliphatic heterocycles. The highest BCUT2D eigenvalue weighted by atomic mass is 16.4. The quantitative estimate of drug-likeness (QED) is 0.214. The van der Waals surface area contributed by atoms with Crippen molar-refractivity contribution < 1.29 is 5.21 Å². The highest BCUT2D eigenvalue weighted by molar-refractivity contribution is 5.79. The van der Waals surface area contributed by atoms with Crippen molar-refractivity contribution in [3.05, 3.63) is 0 Å². The van der Waals surface area contributed by atoms with Gasteiger partial charge in [-0.1, -0.05) is 24.4 Å². The molecule has 1 fully saturated rings. The molecule has 0 aromatic carbocycles. The van der Waals surface area contributed by atoms with Gasteiger partial charge in [0.25, 0.3) is 0 Å². The first-order valence-corrected chi connectivity index (χ1v) is 6.44. The second-order valence-electron chi connectivity index (χ2n) is 4.84. The Morgan fingerprint density at radius 3 is 2.75 bits per heavy atom. The number of hydrogen-bond acceptors (Lipinski definition) is 3. The standard InChI is InChI=1S/C12H25N3O/c1-10(11-6-3-2-4-7-11)14-9-5-8-12(13)15-16/h10-11,14,16H,2-9H2,1H3,(H2,13,15)/t10-/m0/s1. The molecule has 4 nitrogen and oxygen atoms in total. The molecule has 0 spiro atoms. The van der Waals surface area contributed by atoms with Crippen LogP contribution in [0.3, 0.4) is 0 Å². The number of amidine groups is 1. The van der Waals surface area contributed by atoms with Gasteiger partial charge in [0.2, 0.25) is 0 Å². The van der Waals surface area contributed by atoms with Crippen LogP contribution in [0.5, 0.6) is 0 Å². The molecular formula is C12H25N3O. The van der Waals surface area contributed by atoms with E-state index in [1.807, 2.05) is 0 Å². The summed E-state index contributed by atoms with van der Waals surface area (Å²) in [5.74, 6) is 1.17. The molecule has 1 aliphatic carbocycles. The summed E-state index contributed by atoms with van der Waals surface area (Å²) in [5.41, 5.74) is 5.40. The van der Waals surface area contributed by atoms with Crippen LogP contribution in [0.15, 0.2) is 5.16 Å². The topological polar surface area (TPSA) is 70.6 Å². The number of nitrogens with zero attached hydrogens (tertiary/aromatic N) is 1. The van der Waals surface area contributed by atoms with Crippen molar-refractivity contribution in [1.29, 1.82) is 0 Å². The lowest BCUT2D eigenvalue weighted by Gasteiger charge is -2.28. The Hall–Kier alpha value is -0.770. The van der Waals surface area contributed by atoms with Gasteiger partial charge in [0.1, 0.15) is 5.84 Å². The Labute approximate surface area is 98.3 Å². The van der Waals surface area contributed by atoms with Gasteiger partial charge in [-0.05, 0) is 38.6 Å². The normalized spacial score (nSPS) is 20.9. The Bertz CT molecular complexity index is 212. The van der Waals surface area contributed by atoms with Crippen LogP contribution in [0.4, 0.5) is 0 Å². The van der Waals surface area contributed by atoms with Gasteiger partial charge in [-0.15, -0.1) is 0 Å². The van der Waals surface area contributed by atoms with Crippen molar-refractivity contribution in [2.45, 2.75) is 57.9 Å². The third-order valence-corrected chi connectivity index (χ3v) is 3.56. The van der Waals surface area contributed by atoms with Crippen LogP contribution in [0.1, 0.15) is 51.9 Å². The van der Waals surface area contributed by atoms with Crippen LogP contribution >= 0.6 is 0 Å². The van der Waals surface area contributed by atoms with Gasteiger partial charge in [-0.3, -0.25) is 0 Å². The summed E-state index contributed by atoms with van der Waals surface area (Å²) < 4.78 is 0. The van der Waals surface area contributed by atoms with Gasteiger partial charge in [-0.25, -0.2) is 0 Å². The van der Waals surface area contributed by atoms with Crippen LogP contribution in [0.2, 0.25) is 0 Å². The lowest BCUT2D eigenvalue weighted by Crippen LogP contribution is -2.35. The maximum Gasteiger partial charge on any atom is 0.139 e. The fraction of sp³-hybridized carbons (Fsp3) is 0.917. The van der Waals surface area contributed by atoms with Gasteiger partial charge < -0.3 is 16.3 Å². The van der Waals surface area contributed by atoms with Crippen LogP contribution in [0.25, 0.3) is 0 Å². The van der Waals surface area contributed by atoms with E-state index in [2.05, 4.69) is 17.4 Å². The van der Waals surface area contributed by atoms with E-state index in [1.165, 1.54) is 32.1 Å². The summed E-state index contributed by atoms with van der Waals surface area (Å²) in [4.78, 5) is 0. The maximum atomic E-state index is 8.39. The first-order valence-electron chi connectivity index (χ1n) is 6.44. The molecule has 0 aromatic heterocycles. The number of nitrogens with two attached hydrogens (primary N) is 1. The van der Waals surface area contributed by atoms with E-state index < -0.39 is 0 Å². The average molecular weight is 227 g/mol. The predicted octanol–water partition coefficient (Wildman–Crippen LogP) is 2.07. The molecule has 1 saturated carbocycles. The van der Waals surface area contributed by atoms with Gasteiger partial charge >= 0.3 is 0 Å². The van der Waals surface area contributed by atoms with Crippen LogP contribution < -0.4 is 11.1 Å². The summed E-state index contributed by atoms with van der Waals surface area (Å²) in [6, 6.07) is 0.604. The van der Waals surface area contributed by atoms with Crippen molar-refractivity contribution in [1.82, 2.24) is 5.32 Å². The van der Waals surface area contributed by atoms with Gasteiger partial charge in [0.05, 0.1) is 0 Å². The molecule has 0 amide bonds. The SMILES string of the molecule is C[C@H](NCCCC(N)=NO)C1CCCCC1. The molecule has 4 N–H and O–H groups in total. The molecule has 0 unspecified atom stereocenters. The number of hydrogen-bond donors (Lipinski definition) is 3. The van der Waals surface area contributed by atoms with Crippen molar-refractivity contribution in [2.24, 2.45) is 16.8 Å². The molecule has 94 valence electrons. The molecule has 16 heavy (non-hydrogen) atoms. The highest BCUT2D eigenvalue weighted by Crippen LogP contribution is 2.26. The first-order chi connectivity index (χ1) is 7.74. The third kappa shape index (κ3) is 4.84. The molecule has 0 bridgehead atoms. The molecule has 0 aromatic rings. The lowest BCUT2D eigenvalue weighted by atomic mass is 9.84. The first kappa shape index (κ1) is 13.3. The number of rotatable bonds is 6. The molecule has 1 rings (SSSR count). The molecule has 0 radical (unpaired) electrons. The van der Waals surface area contributed by atoms with E-state index in [4.69, 9.17) is 10.9 Å². The van der Waals surface area contributed by atoms with Crippen LogP contribution in [0, 0.1) is 5.92 Å². The zero-order valence-corrected chi connectivity index (χ0v) is 10.3. The second kappa shape index (κ2) is 7.49. The fourth-order valence-electron chi connectivity index (χ4n) is 2.45. The third-order valence-electron chi connectivity index (χ3n) is 3.56. The highest BCUT2D eigenvalue weighted by Gasteiger charge is 2.18. The van der Waals surface area contributed by atoms with E-state index in [-0.39, 0.29) is 0 Å². The average Bonchev–Trinajstić information content (AvgIpc) is 2.35. The van der Waals surface area contributed by atoms with Crippen molar-refractivity contribution >= 4 is 5.84 Å². The summed E-state index contributed by atoms with van der Waals surface area (Å²) in [5, 5.41) is 14.9. The van der Waals surface area contributed by atoms with Crippen LogP contribution in [-0.4, -0.2) is 23.6 Å². The van der Waals surface area contributed by atoms with Crippen LogP contribution in [-0.2, 0) is 0 Å². The molecule has 0 heterocycles. The largest absolute Gasteiger partial charge is 0.409 e. The minimum atomic E-state index is 0.326. The lowest BCUT2D eigenvalue weighted by molar-refractivity contribution is 0.281. The zero-order chi connectivity index (χ0) is 11.8. The van der Waals surface area contributed by atoms with E-state index in [0.717, 1.165) is 18.9 Å². The number of nitrogens with one attached hydrogen (secondary N) is 1. The summed E-state index contributed by atoms with van der Waals surface area (Å²) >= 11 is 0. The zero-order valence-electron chi connectivity index (χ0n) is 10.3. The Balaban J connectivity index is 2.07. The minimum Gasteiger partial charge on any atom is -0.409 e. The Morgan fingerprint density at radius 1 is 1.44 bits per heavy atom. The Kier molecular flexibility index (Phi) is 6.23. The van der Waals surface area contributed by atoms with E-state index in [0.29, 0.717) is 18.3 Å². The van der Waals surface area contributed by atoms with Crippen molar-refractivity contribution in [3.63, 3.8) is 0 Å². The maximum absolute atomic E-state index is 8.39. The van der Waals surface area contributed by atoms with E-state index in [1.54, 1.807) is 0 Å². The Morgan fingerprint density at radius 2 is 2.12 bits per heavy atom. The molecular weight excluding hydrogens is 202 g/mol. The molecule has 4 heteroatoms. The minimum absolute atomic E-state index is 0.326. The van der Waals surface area contributed by atoms with Gasteiger partial charge in [-0.2, -0.15) is 0 Å². The monoisotopic (exact) mass is 227 g/mol. The molecule has 1 aliphatic rings. The molecule has 0 saturated heterocycles. The van der Waals surface area contributed by atoms with Crippen molar-refractivity contribution in [2.75, 3.05) is 6.54 Å². The van der Waals surface area contributed by atoms with Gasteiger partial charge in [0.15, 0.2) is 0 Å². The van der Waals surface area contributed by atoms with E-state index in [9.17, 15) is 0 Å². The second-order valence-corrected chi connectivity index (χ2v) is 4.84. The predicted molar refractivity (Wildman–Crippen MR) is 66.7 cm³/mol. The summed E-state index contributed by atoms with van der Waals surface area (Å²) in [6.07, 6.45) is 8.53. The smallest absolute Gasteiger partial charge is 0.139 e. The fourth-order valence-corrected chi connectivity index (χ4v) is 2.45. The van der Waals surface area contributed by atoms with Gasteiger partial charge in [0, 0.05) is 12.5 Å². The molecule has 1 atom stereocenters. The summed E-state index contributed by atoms with van der Waals surface area (Å²) in [6.45, 7) is 3.23. The number of oxime groups is 1. The van der Waals surface area contributed by atoms with Crippen molar-refractivity contribution in [3.8, 4) is 0 Å².